The van der Waals surface area contributed by atoms with Gasteiger partial charge in [0.05, 0.1) is 6.10 Å². The normalized spacial score (nSPS) is 23.4. The molecular weight excluding hydrogens is 947 g/mol. The first-order valence-electron chi connectivity index (χ1n) is 25.5. The third kappa shape index (κ3) is 23.0. The van der Waals surface area contributed by atoms with Gasteiger partial charge in [-0.05, 0) is 90.4 Å². The topological polar surface area (TPSA) is 389 Å². The Bertz CT molecular complexity index is 1980. The van der Waals surface area contributed by atoms with Crippen molar-refractivity contribution in [1.82, 2.24) is 53.2 Å². The Kier molecular flexibility index (Phi) is 28.8. The second kappa shape index (κ2) is 33.5. The van der Waals surface area contributed by atoms with E-state index < -0.39 is 114 Å². The average molecular weight is 1030 g/mol. The molecule has 2 rings (SSSR count). The number of unbranched alkanes of at least 4 members (excludes halogenated alkanes) is 4. The summed E-state index contributed by atoms with van der Waals surface area (Å²) in [5.41, 5.74) is 18.2. The SMILES string of the molecule is CCCCCCCC(=O)N[C@H](C)C(=O)N[C@H](C)C(=O)N[C@H]1CCNC(=O)[C@H]([C@@H](C)O)NC(=O)[C@H](CCN)NC(=O)[C@H](CCN)NC(=O)[C@H](CC(C)C)NC(=O)[C@H](Cc2ccccc2)NC(=O)[C@H](CCN)NC1=O. The number of rotatable bonds is 22. The molecular formula is C49H83N13O11. The molecule has 410 valence electrons. The van der Waals surface area contributed by atoms with Crippen LogP contribution in [0.4, 0.5) is 0 Å². The molecule has 0 aromatic heterocycles. The molecule has 0 unspecified atom stereocenters. The van der Waals surface area contributed by atoms with Crippen LogP contribution >= 0.6 is 0 Å². The van der Waals surface area contributed by atoms with E-state index in [0.717, 1.165) is 25.7 Å². The first kappa shape index (κ1) is 62.9. The number of carbonyl (C=O) groups excluding carboxylic acids is 10. The molecule has 1 aliphatic rings. The number of hydrogen-bond acceptors (Lipinski definition) is 14. The minimum atomic E-state index is -1.62. The molecule has 10 amide bonds. The van der Waals surface area contributed by atoms with Crippen LogP contribution in [0.5, 0.6) is 0 Å². The molecule has 0 saturated carbocycles. The number of carbonyl (C=O) groups is 10. The molecule has 0 aliphatic carbocycles. The van der Waals surface area contributed by atoms with E-state index in [1.54, 1.807) is 44.2 Å². The van der Waals surface area contributed by atoms with Crippen molar-refractivity contribution in [3.05, 3.63) is 35.9 Å². The van der Waals surface area contributed by atoms with E-state index in [0.29, 0.717) is 12.0 Å². The number of amides is 10. The Morgan fingerprint density at radius 3 is 1.62 bits per heavy atom. The van der Waals surface area contributed by atoms with Gasteiger partial charge in [0.15, 0.2) is 0 Å². The molecule has 24 nitrogen and oxygen atoms in total. The van der Waals surface area contributed by atoms with Crippen molar-refractivity contribution in [3.8, 4) is 0 Å². The van der Waals surface area contributed by atoms with Gasteiger partial charge in [0.25, 0.3) is 0 Å². The molecule has 73 heavy (non-hydrogen) atoms. The van der Waals surface area contributed by atoms with Crippen LogP contribution in [0.2, 0.25) is 0 Å². The minimum Gasteiger partial charge on any atom is -0.391 e. The smallest absolute Gasteiger partial charge is 0.245 e. The zero-order valence-corrected chi connectivity index (χ0v) is 43.3. The molecule has 1 heterocycles. The number of hydrogen-bond donors (Lipinski definition) is 14. The van der Waals surface area contributed by atoms with Gasteiger partial charge in [-0.15, -0.1) is 0 Å². The monoisotopic (exact) mass is 1030 g/mol. The summed E-state index contributed by atoms with van der Waals surface area (Å²) < 4.78 is 0. The van der Waals surface area contributed by atoms with Gasteiger partial charge >= 0.3 is 0 Å². The largest absolute Gasteiger partial charge is 0.391 e. The summed E-state index contributed by atoms with van der Waals surface area (Å²) in [6.45, 7) is 9.03. The van der Waals surface area contributed by atoms with Crippen molar-refractivity contribution in [2.75, 3.05) is 26.2 Å². The van der Waals surface area contributed by atoms with E-state index in [2.05, 4.69) is 60.1 Å². The number of nitrogens with two attached hydrogens (primary N) is 3. The lowest BCUT2D eigenvalue weighted by Crippen LogP contribution is -2.61. The molecule has 1 aromatic rings. The zero-order chi connectivity index (χ0) is 54.6. The van der Waals surface area contributed by atoms with Crippen molar-refractivity contribution in [1.29, 1.82) is 0 Å². The Morgan fingerprint density at radius 2 is 1.08 bits per heavy atom. The summed E-state index contributed by atoms with van der Waals surface area (Å²) in [6, 6.07) is -3.45. The number of nitrogens with one attached hydrogen (secondary N) is 10. The van der Waals surface area contributed by atoms with Crippen LogP contribution in [0, 0.1) is 5.92 Å². The number of aliphatic hydroxyl groups is 1. The molecule has 17 N–H and O–H groups in total. The van der Waals surface area contributed by atoms with E-state index in [4.69, 9.17) is 17.2 Å². The van der Waals surface area contributed by atoms with E-state index in [1.165, 1.54) is 20.8 Å². The third-order valence-corrected chi connectivity index (χ3v) is 12.0. The molecule has 1 aromatic carbocycles. The highest BCUT2D eigenvalue weighted by molar-refractivity contribution is 5.98. The van der Waals surface area contributed by atoms with Crippen LogP contribution in [0.3, 0.4) is 0 Å². The van der Waals surface area contributed by atoms with E-state index in [1.807, 2.05) is 0 Å². The fraction of sp³-hybridized carbons (Fsp3) is 0.673. The molecule has 0 spiro atoms. The fourth-order valence-electron chi connectivity index (χ4n) is 7.78. The number of aliphatic hydroxyl groups excluding tert-OH is 1. The maximum absolute atomic E-state index is 14.3. The molecule has 1 aliphatic heterocycles. The van der Waals surface area contributed by atoms with Gasteiger partial charge in [-0.3, -0.25) is 47.9 Å². The standard InChI is InChI=1S/C49H83N13O11/c1-7-8-9-10-14-17-39(64)54-29(4)41(65)55-30(5)42(66)56-36-21-25-53-49(73)40(31(6)63)62-46(70)35(20-24-52)58-43(67)33(18-22-50)59-47(71)37(26-28(2)3)60-48(72)38(27-32-15-12-11-13-16-32)61-44(68)34(19-23-51)57-45(36)69/h11-13,15-16,28-31,33-38,40,63H,7-10,14,17-27,50-52H2,1-6H3,(H,53,73)(H,54,64)(H,55,65)(H,56,66)(H,57,69)(H,58,67)(H,59,71)(H,60,72)(H,61,68)(H,62,70)/t29-,30-,31-,33+,34+,35+,36+,37+,38+,40+/m1/s1. The molecule has 10 atom stereocenters. The summed E-state index contributed by atoms with van der Waals surface area (Å²) in [7, 11) is 0. The van der Waals surface area contributed by atoms with Crippen molar-refractivity contribution >= 4 is 59.1 Å². The van der Waals surface area contributed by atoms with Crippen LogP contribution in [0.1, 0.15) is 118 Å². The summed E-state index contributed by atoms with van der Waals surface area (Å²) >= 11 is 0. The summed E-state index contributed by atoms with van der Waals surface area (Å²) in [6.07, 6.45) is 2.60. The van der Waals surface area contributed by atoms with Crippen LogP contribution in [-0.4, -0.2) is 151 Å². The molecule has 1 saturated heterocycles. The highest BCUT2D eigenvalue weighted by atomic mass is 16.3. The zero-order valence-electron chi connectivity index (χ0n) is 43.3. The number of benzene rings is 1. The van der Waals surface area contributed by atoms with Crippen molar-refractivity contribution in [3.63, 3.8) is 0 Å². The lowest BCUT2D eigenvalue weighted by Gasteiger charge is -2.28. The average Bonchev–Trinajstić information content (AvgIpc) is 3.33. The van der Waals surface area contributed by atoms with Gasteiger partial charge in [0.2, 0.25) is 59.1 Å². The van der Waals surface area contributed by atoms with E-state index >= 15 is 0 Å². The predicted octanol–water partition coefficient (Wildman–Crippen LogP) is -3.01. The summed E-state index contributed by atoms with van der Waals surface area (Å²) in [5.74, 6) is -8.06. The summed E-state index contributed by atoms with van der Waals surface area (Å²) in [4.78, 5) is 137. The van der Waals surface area contributed by atoms with Crippen molar-refractivity contribution in [2.24, 2.45) is 23.1 Å². The minimum absolute atomic E-state index is 0.0721. The van der Waals surface area contributed by atoms with E-state index in [9.17, 15) is 53.1 Å². The fourth-order valence-corrected chi connectivity index (χ4v) is 7.78. The van der Waals surface area contributed by atoms with E-state index in [-0.39, 0.29) is 82.9 Å². The van der Waals surface area contributed by atoms with Gasteiger partial charge in [0, 0.05) is 19.4 Å². The molecule has 24 heteroatoms. The van der Waals surface area contributed by atoms with Gasteiger partial charge < -0.3 is 75.5 Å². The highest BCUT2D eigenvalue weighted by Crippen LogP contribution is 2.11. The Labute approximate surface area is 428 Å². The van der Waals surface area contributed by atoms with Crippen LogP contribution in [-0.2, 0) is 54.4 Å². The maximum atomic E-state index is 14.3. The van der Waals surface area contributed by atoms with Crippen LogP contribution in [0.25, 0.3) is 0 Å². The van der Waals surface area contributed by atoms with Crippen molar-refractivity contribution < 1.29 is 53.1 Å². The third-order valence-electron chi connectivity index (χ3n) is 12.0. The molecule has 0 bridgehead atoms. The lowest BCUT2D eigenvalue weighted by molar-refractivity contribution is -0.136. The second-order valence-corrected chi connectivity index (χ2v) is 18.9. The Morgan fingerprint density at radius 1 is 0.603 bits per heavy atom. The van der Waals surface area contributed by atoms with Gasteiger partial charge in [-0.1, -0.05) is 76.8 Å². The van der Waals surface area contributed by atoms with Crippen LogP contribution < -0.4 is 70.4 Å². The Balaban J connectivity index is 2.61. The Hall–Kier alpha value is -6.24. The molecule has 0 radical (unpaired) electrons. The first-order valence-corrected chi connectivity index (χ1v) is 25.5. The highest BCUT2D eigenvalue weighted by Gasteiger charge is 2.36. The van der Waals surface area contributed by atoms with Gasteiger partial charge in [-0.2, -0.15) is 0 Å². The van der Waals surface area contributed by atoms with Crippen LogP contribution in [0.15, 0.2) is 30.3 Å². The quantitative estimate of drug-likeness (QED) is 0.0515. The van der Waals surface area contributed by atoms with Gasteiger partial charge in [0.1, 0.15) is 54.4 Å². The lowest BCUT2D eigenvalue weighted by atomic mass is 10.00. The second-order valence-electron chi connectivity index (χ2n) is 18.9. The first-order chi connectivity index (χ1) is 34.6. The predicted molar refractivity (Wildman–Crippen MR) is 272 cm³/mol. The maximum Gasteiger partial charge on any atom is 0.245 e. The van der Waals surface area contributed by atoms with Crippen molar-refractivity contribution in [2.45, 2.75) is 179 Å². The van der Waals surface area contributed by atoms with Gasteiger partial charge in [-0.25, -0.2) is 0 Å². The summed E-state index contributed by atoms with van der Waals surface area (Å²) in [5, 5.41) is 36.5. The molecule has 1 fully saturated rings.